The molecule has 1 heterocycles. The number of carbonyl (C=O) groups excluding carboxylic acids is 1. The standard InChI is InChI=1S/C19H18BrN3O2/c1-23-12-11-21-19(23)18(14-5-3-2-4-6-14)22-17(24)13-25-16-9-7-15(20)8-10-16/h2-12,18H,13H2,1H3,(H,22,24)/t18-/m0/s1. The summed E-state index contributed by atoms with van der Waals surface area (Å²) in [7, 11) is 1.91. The van der Waals surface area contributed by atoms with Gasteiger partial charge >= 0.3 is 0 Å². The number of hydrogen-bond donors (Lipinski definition) is 1. The molecule has 5 nitrogen and oxygen atoms in total. The third-order valence-corrected chi connectivity index (χ3v) is 4.27. The van der Waals surface area contributed by atoms with Gasteiger partial charge < -0.3 is 14.6 Å². The lowest BCUT2D eigenvalue weighted by Crippen LogP contribution is -2.34. The molecule has 0 fully saturated rings. The summed E-state index contributed by atoms with van der Waals surface area (Å²) in [6.45, 7) is -0.0601. The fourth-order valence-electron chi connectivity index (χ4n) is 2.48. The van der Waals surface area contributed by atoms with Gasteiger partial charge in [0, 0.05) is 23.9 Å². The molecule has 0 aliphatic carbocycles. The van der Waals surface area contributed by atoms with Crippen LogP contribution < -0.4 is 10.1 Å². The Kier molecular flexibility index (Phi) is 5.50. The molecule has 1 amide bonds. The van der Waals surface area contributed by atoms with Crippen molar-refractivity contribution in [2.75, 3.05) is 6.61 Å². The van der Waals surface area contributed by atoms with E-state index in [9.17, 15) is 4.79 Å². The molecule has 0 unspecified atom stereocenters. The minimum absolute atomic E-state index is 0.0601. The van der Waals surface area contributed by atoms with Gasteiger partial charge in [0.1, 0.15) is 17.6 Å². The van der Waals surface area contributed by atoms with Crippen LogP contribution >= 0.6 is 15.9 Å². The molecule has 0 aliphatic heterocycles. The van der Waals surface area contributed by atoms with Gasteiger partial charge in [0.2, 0.25) is 0 Å². The van der Waals surface area contributed by atoms with Gasteiger partial charge in [0.15, 0.2) is 6.61 Å². The van der Waals surface area contributed by atoms with Crippen LogP contribution in [0.1, 0.15) is 17.4 Å². The molecule has 3 aromatic rings. The SMILES string of the molecule is Cn1ccnc1[C@@H](NC(=O)COc1ccc(Br)cc1)c1ccccc1. The highest BCUT2D eigenvalue weighted by atomic mass is 79.9. The van der Waals surface area contributed by atoms with Crippen molar-refractivity contribution in [2.45, 2.75) is 6.04 Å². The van der Waals surface area contributed by atoms with Crippen LogP contribution in [0.4, 0.5) is 0 Å². The Morgan fingerprint density at radius 2 is 1.92 bits per heavy atom. The van der Waals surface area contributed by atoms with Crippen LogP contribution in [0.5, 0.6) is 5.75 Å². The van der Waals surface area contributed by atoms with Crippen molar-refractivity contribution >= 4 is 21.8 Å². The Morgan fingerprint density at radius 1 is 1.20 bits per heavy atom. The van der Waals surface area contributed by atoms with Crippen molar-refractivity contribution in [3.63, 3.8) is 0 Å². The van der Waals surface area contributed by atoms with E-state index in [-0.39, 0.29) is 18.6 Å². The molecule has 0 saturated carbocycles. The first-order valence-corrected chi connectivity index (χ1v) is 8.62. The second kappa shape index (κ2) is 7.98. The zero-order valence-electron chi connectivity index (χ0n) is 13.7. The fraction of sp³-hybridized carbons (Fsp3) is 0.158. The van der Waals surface area contributed by atoms with E-state index < -0.39 is 0 Å². The molecule has 0 spiro atoms. The Bertz CT molecular complexity index is 831. The summed E-state index contributed by atoms with van der Waals surface area (Å²) in [5.41, 5.74) is 0.966. The largest absolute Gasteiger partial charge is 0.484 e. The van der Waals surface area contributed by atoms with Gasteiger partial charge in [-0.3, -0.25) is 4.79 Å². The zero-order valence-corrected chi connectivity index (χ0v) is 15.3. The molecule has 2 aromatic carbocycles. The molecule has 1 N–H and O–H groups in total. The van der Waals surface area contributed by atoms with Crippen LogP contribution in [0.25, 0.3) is 0 Å². The summed E-state index contributed by atoms with van der Waals surface area (Å²) >= 11 is 3.37. The summed E-state index contributed by atoms with van der Waals surface area (Å²) in [6, 6.07) is 16.8. The van der Waals surface area contributed by atoms with E-state index in [2.05, 4.69) is 26.2 Å². The monoisotopic (exact) mass is 399 g/mol. The lowest BCUT2D eigenvalue weighted by atomic mass is 10.1. The minimum atomic E-state index is -0.331. The van der Waals surface area contributed by atoms with Crippen LogP contribution in [-0.4, -0.2) is 22.1 Å². The highest BCUT2D eigenvalue weighted by Crippen LogP contribution is 2.20. The molecular formula is C19H18BrN3O2. The predicted octanol–water partition coefficient (Wildman–Crippen LogP) is 3.47. The van der Waals surface area contributed by atoms with Gasteiger partial charge in [-0.05, 0) is 29.8 Å². The molecule has 0 saturated heterocycles. The van der Waals surface area contributed by atoms with Crippen molar-refractivity contribution in [1.82, 2.24) is 14.9 Å². The Morgan fingerprint density at radius 3 is 2.56 bits per heavy atom. The van der Waals surface area contributed by atoms with Crippen molar-refractivity contribution in [1.29, 1.82) is 0 Å². The minimum Gasteiger partial charge on any atom is -0.484 e. The first-order chi connectivity index (χ1) is 12.1. The number of halogens is 1. The van der Waals surface area contributed by atoms with Gasteiger partial charge in [-0.15, -0.1) is 0 Å². The molecule has 0 radical (unpaired) electrons. The second-order valence-corrected chi connectivity index (χ2v) is 6.47. The lowest BCUT2D eigenvalue weighted by molar-refractivity contribution is -0.123. The van der Waals surface area contributed by atoms with Gasteiger partial charge in [-0.25, -0.2) is 4.98 Å². The van der Waals surface area contributed by atoms with Crippen molar-refractivity contribution in [2.24, 2.45) is 7.05 Å². The van der Waals surface area contributed by atoms with Crippen LogP contribution in [-0.2, 0) is 11.8 Å². The number of aryl methyl sites for hydroxylation is 1. The number of ether oxygens (including phenoxy) is 1. The average Bonchev–Trinajstić information content (AvgIpc) is 3.06. The number of amides is 1. The maximum absolute atomic E-state index is 12.4. The molecular weight excluding hydrogens is 382 g/mol. The van der Waals surface area contributed by atoms with E-state index in [0.29, 0.717) is 5.75 Å². The number of aromatic nitrogens is 2. The van der Waals surface area contributed by atoms with Crippen LogP contribution in [0.2, 0.25) is 0 Å². The maximum Gasteiger partial charge on any atom is 0.258 e. The van der Waals surface area contributed by atoms with Crippen molar-refractivity contribution < 1.29 is 9.53 Å². The molecule has 25 heavy (non-hydrogen) atoms. The number of nitrogens with one attached hydrogen (secondary N) is 1. The van der Waals surface area contributed by atoms with E-state index in [1.165, 1.54) is 0 Å². The van der Waals surface area contributed by atoms with Crippen LogP contribution in [0, 0.1) is 0 Å². The third-order valence-electron chi connectivity index (χ3n) is 3.74. The first-order valence-electron chi connectivity index (χ1n) is 7.83. The van der Waals surface area contributed by atoms with Crippen molar-refractivity contribution in [3.8, 4) is 5.75 Å². The Labute approximate surface area is 154 Å². The van der Waals surface area contributed by atoms with Gasteiger partial charge in [0.25, 0.3) is 5.91 Å². The fourth-order valence-corrected chi connectivity index (χ4v) is 2.74. The highest BCUT2D eigenvalue weighted by molar-refractivity contribution is 9.10. The summed E-state index contributed by atoms with van der Waals surface area (Å²) in [5.74, 6) is 1.20. The summed E-state index contributed by atoms with van der Waals surface area (Å²) in [5, 5.41) is 3.00. The number of rotatable bonds is 6. The summed E-state index contributed by atoms with van der Waals surface area (Å²) in [4.78, 5) is 16.8. The molecule has 1 aromatic heterocycles. The molecule has 6 heteroatoms. The smallest absolute Gasteiger partial charge is 0.258 e. The topological polar surface area (TPSA) is 56.2 Å². The quantitative estimate of drug-likeness (QED) is 0.690. The maximum atomic E-state index is 12.4. The predicted molar refractivity (Wildman–Crippen MR) is 99.3 cm³/mol. The molecule has 3 rings (SSSR count). The molecule has 0 bridgehead atoms. The van der Waals surface area contributed by atoms with E-state index in [1.807, 2.05) is 72.4 Å². The van der Waals surface area contributed by atoms with Crippen LogP contribution in [0.15, 0.2) is 71.5 Å². The van der Waals surface area contributed by atoms with Gasteiger partial charge in [0.05, 0.1) is 0 Å². The zero-order chi connectivity index (χ0) is 17.6. The molecule has 128 valence electrons. The van der Waals surface area contributed by atoms with Crippen LogP contribution in [0.3, 0.4) is 0 Å². The number of hydrogen-bond acceptors (Lipinski definition) is 3. The van der Waals surface area contributed by atoms with E-state index >= 15 is 0 Å². The van der Waals surface area contributed by atoms with E-state index in [0.717, 1.165) is 15.9 Å². The second-order valence-electron chi connectivity index (χ2n) is 5.55. The van der Waals surface area contributed by atoms with E-state index in [1.54, 1.807) is 6.20 Å². The van der Waals surface area contributed by atoms with Gasteiger partial charge in [-0.1, -0.05) is 46.3 Å². The Balaban J connectivity index is 1.71. The number of imidazole rings is 1. The lowest BCUT2D eigenvalue weighted by Gasteiger charge is -2.19. The highest BCUT2D eigenvalue weighted by Gasteiger charge is 2.20. The molecule has 1 atom stereocenters. The first kappa shape index (κ1) is 17.2. The molecule has 0 aliphatic rings. The average molecular weight is 400 g/mol. The normalized spacial score (nSPS) is 11.8. The van der Waals surface area contributed by atoms with Crippen molar-refractivity contribution in [3.05, 3.63) is 82.9 Å². The summed E-state index contributed by atoms with van der Waals surface area (Å²) in [6.07, 6.45) is 3.57. The number of nitrogens with zero attached hydrogens (tertiary/aromatic N) is 2. The van der Waals surface area contributed by atoms with E-state index in [4.69, 9.17) is 4.74 Å². The number of carbonyl (C=O) groups is 1. The number of benzene rings is 2. The third kappa shape index (κ3) is 4.48. The summed E-state index contributed by atoms with van der Waals surface area (Å²) < 4.78 is 8.40. The Hall–Kier alpha value is -2.60. The van der Waals surface area contributed by atoms with Gasteiger partial charge in [-0.2, -0.15) is 0 Å².